The van der Waals surface area contributed by atoms with Gasteiger partial charge in [0.25, 0.3) is 0 Å². The Hall–Kier alpha value is -9.26. The Morgan fingerprint density at radius 3 is 1.20 bits per heavy atom. The number of carbonyl (C=O) groups is 3. The van der Waals surface area contributed by atoms with E-state index in [1.54, 1.807) is 92.7 Å². The van der Waals surface area contributed by atoms with Crippen LogP contribution in [0.5, 0.6) is 23.0 Å². The number of aliphatic carboxylic acids is 1. The number of nitrogens with two attached hydrogens (primary N) is 3. The summed E-state index contributed by atoms with van der Waals surface area (Å²) >= 11 is 18.2. The number of hydrogen-bond acceptors (Lipinski definition) is 20. The maximum absolute atomic E-state index is 11.9. The van der Waals surface area contributed by atoms with Crippen LogP contribution >= 0.6 is 47.2 Å². The molecule has 0 amide bonds. The third-order valence-electron chi connectivity index (χ3n) is 15.4. The summed E-state index contributed by atoms with van der Waals surface area (Å²) in [6, 6.07) is 61.0. The van der Waals surface area contributed by atoms with Gasteiger partial charge in [-0.2, -0.15) is 8.42 Å². The number of rotatable bonds is 25. The quantitative estimate of drug-likeness (QED) is 0.0176. The number of benzene rings is 9. The molecule has 0 fully saturated rings. The first-order chi connectivity index (χ1) is 49.1. The maximum Gasteiger partial charge on any atom is 1.00 e. The van der Waals surface area contributed by atoms with Crippen LogP contribution in [0.25, 0.3) is 55.2 Å². The summed E-state index contributed by atoms with van der Waals surface area (Å²) in [6.07, 6.45) is 1.10. The van der Waals surface area contributed by atoms with Crippen molar-refractivity contribution in [1.82, 2.24) is 0 Å². The molecule has 106 heavy (non-hydrogen) atoms. The fraction of sp³-hybridized carbons (Fsp3) is 0.192. The molecular formula is C78H79BCl4LiN3O18S. The monoisotopic (exact) mass is 1540 g/mol. The molecule has 0 aliphatic rings. The number of ether oxygens (including phenoxy) is 5. The fourth-order valence-electron chi connectivity index (χ4n) is 10.8. The number of carbonyl (C=O) groups excluding carboxylic acids is 2. The van der Waals surface area contributed by atoms with Crippen LogP contribution in [-0.4, -0.2) is 73.5 Å². The predicted molar refractivity (Wildman–Crippen MR) is 410 cm³/mol. The predicted octanol–water partition coefficient (Wildman–Crippen LogP) is 12.1. The molecule has 0 aliphatic carbocycles. The van der Waals surface area contributed by atoms with Gasteiger partial charge in [0, 0.05) is 65.3 Å². The molecule has 0 saturated carbocycles. The van der Waals surface area contributed by atoms with Crippen LogP contribution in [0, 0.1) is 0 Å². The van der Waals surface area contributed by atoms with E-state index in [4.69, 9.17) is 108 Å². The Kier molecular flexibility index (Phi) is 34.8. The molecule has 0 saturated heterocycles. The zero-order valence-electron chi connectivity index (χ0n) is 57.6. The molecule has 0 bridgehead atoms. The molecule has 10 N–H and O–H groups in total. The maximum atomic E-state index is 11.9. The molecule has 28 heteroatoms. The number of para-hydroxylation sites is 3. The van der Waals surface area contributed by atoms with Gasteiger partial charge in [-0.15, -0.1) is 12.4 Å². The molecule has 0 aliphatic heterocycles. The van der Waals surface area contributed by atoms with Crippen LogP contribution in [0.4, 0.5) is 0 Å². The summed E-state index contributed by atoms with van der Waals surface area (Å²) in [5.74, 6) is 0.271. The van der Waals surface area contributed by atoms with E-state index >= 15 is 0 Å². The Bertz CT molecular complexity index is 5020. The van der Waals surface area contributed by atoms with Crippen molar-refractivity contribution in [2.75, 3.05) is 19.5 Å². The van der Waals surface area contributed by atoms with E-state index in [-0.39, 0.29) is 99.6 Å². The summed E-state index contributed by atoms with van der Waals surface area (Å²) in [6.45, 7) is 6.17. The average molecular weight is 1540 g/mol. The number of carboxylic acids is 1. The minimum absolute atomic E-state index is 0. The molecule has 3 heterocycles. The Labute approximate surface area is 647 Å². The average Bonchev–Trinajstić information content (AvgIpc) is 1.58. The second kappa shape index (κ2) is 42.2. The standard InChI is InChI=1S/C26H24ClNO4.C24H20ClNO4.C20H19ClO7S.C7H10BNO2.CH4.ClH.Li.H2O/c1-2-30-26(29)13-20-7-3-4-9-23(20)31-16-18-11-21(19-8-5-6-17(10-19)15-28)22-14-25(27)32-24(22)12-18;25-23-12-20-19(17-6-3-4-15(8-17)13-26)9-16(10-22(20)30-23)14-29-21-7-2-1-5-18(21)11-24(27)28;1-3-25-20(22)10-14-6-4-5-7-16(14)26-12-13-8-17-15(11-19(21)27-17)18(9-13)28-29(2,23)24;9-5-6-2-1-3-7(4-6)8(10)11;;;;/h3-12,14H,2,13,15-16,28H2,1H3;1-10,12H,11,13-14,26H2,(H,27,28);4-9,11H,3,10,12H2,1-2H3;1-4,10-11H,5,9H2;1H4;1H;;1H2/q;;;;;;+1;/p-1. The van der Waals surface area contributed by atoms with Crippen molar-refractivity contribution in [2.24, 2.45) is 17.2 Å². The Morgan fingerprint density at radius 1 is 0.462 bits per heavy atom. The van der Waals surface area contributed by atoms with E-state index in [1.807, 2.05) is 103 Å². The van der Waals surface area contributed by atoms with Gasteiger partial charge in [0.1, 0.15) is 53.8 Å². The first kappa shape index (κ1) is 87.4. The molecule has 3 aromatic heterocycles. The van der Waals surface area contributed by atoms with Gasteiger partial charge in [0.05, 0.1) is 44.1 Å². The molecular weight excluding hydrogens is 1460 g/mol. The van der Waals surface area contributed by atoms with Crippen LogP contribution in [0.2, 0.25) is 15.7 Å². The molecule has 12 rings (SSSR count). The summed E-state index contributed by atoms with van der Waals surface area (Å²) in [5.41, 5.74) is 30.6. The first-order valence-corrected chi connectivity index (χ1v) is 35.0. The zero-order valence-corrected chi connectivity index (χ0v) is 61.5. The summed E-state index contributed by atoms with van der Waals surface area (Å²) in [4.78, 5) is 34.8. The molecule has 21 nitrogen and oxygen atoms in total. The number of fused-ring (bicyclic) bond motifs is 3. The van der Waals surface area contributed by atoms with Crippen LogP contribution in [0.1, 0.15) is 71.3 Å². The van der Waals surface area contributed by atoms with Crippen molar-refractivity contribution in [3.8, 4) is 45.3 Å². The third-order valence-corrected chi connectivity index (χ3v) is 16.4. The molecule has 12 aromatic rings. The van der Waals surface area contributed by atoms with E-state index in [1.165, 1.54) is 6.07 Å². The van der Waals surface area contributed by atoms with E-state index in [0.717, 1.165) is 72.7 Å². The zero-order chi connectivity index (χ0) is 72.9. The smallest absolute Gasteiger partial charge is 0.870 e. The van der Waals surface area contributed by atoms with E-state index in [0.29, 0.717) is 111 Å². The molecule has 0 spiro atoms. The second-order valence-corrected chi connectivity index (χ2v) is 25.6. The van der Waals surface area contributed by atoms with Gasteiger partial charge in [-0.05, 0) is 176 Å². The summed E-state index contributed by atoms with van der Waals surface area (Å²) in [7, 11) is -5.15. The van der Waals surface area contributed by atoms with Crippen LogP contribution < -0.4 is 59.9 Å². The van der Waals surface area contributed by atoms with Gasteiger partial charge >= 0.3 is 54.0 Å². The number of carboxylic acid groups (broad SMARTS) is 1. The number of hydrogen-bond donors (Lipinski definition) is 6. The van der Waals surface area contributed by atoms with Gasteiger partial charge in [-0.3, -0.25) is 14.4 Å². The van der Waals surface area contributed by atoms with Crippen molar-refractivity contribution in [3.63, 3.8) is 0 Å². The van der Waals surface area contributed by atoms with Crippen molar-refractivity contribution in [1.29, 1.82) is 0 Å². The van der Waals surface area contributed by atoms with Gasteiger partial charge in [0.2, 0.25) is 0 Å². The second-order valence-electron chi connectivity index (χ2n) is 22.9. The number of halogens is 4. The summed E-state index contributed by atoms with van der Waals surface area (Å²) in [5, 5.41) is 29.6. The van der Waals surface area contributed by atoms with Crippen molar-refractivity contribution >= 4 is 121 Å². The topological polar surface area (TPSA) is 349 Å². The van der Waals surface area contributed by atoms with E-state index in [9.17, 15) is 22.8 Å². The molecule has 9 aromatic carbocycles. The molecule has 0 radical (unpaired) electrons. The van der Waals surface area contributed by atoms with Crippen LogP contribution in [0.15, 0.2) is 213 Å². The van der Waals surface area contributed by atoms with Gasteiger partial charge in [-0.1, -0.05) is 123 Å². The van der Waals surface area contributed by atoms with Crippen molar-refractivity contribution in [3.05, 3.63) is 266 Å². The SMILES string of the molecule is C.CCOC(=O)Cc1ccccc1OCc1cc(-c2cccc(CN)c2)c2cc(Cl)oc2c1.CCOC(=O)Cc1ccccc1OCc1cc(OS(C)(=O)=O)c2cc(Cl)oc2c1.Cl.NCc1cccc(-c2cc(COc3ccccc3CC(=O)O)cc3oc(Cl)cc23)c1.NCc1cccc(B(O)O)c1.[Li+].[OH-]. The molecule has 552 valence electrons. The van der Waals surface area contributed by atoms with Gasteiger partial charge in [-0.25, -0.2) is 0 Å². The largest absolute Gasteiger partial charge is 1.00 e. The number of furan rings is 3. The van der Waals surface area contributed by atoms with Crippen LogP contribution in [-0.2, 0) is 92.7 Å². The fourth-order valence-corrected chi connectivity index (χ4v) is 11.8. The minimum atomic E-state index is -3.75. The normalized spacial score (nSPS) is 10.6. The molecule has 0 unspecified atom stereocenters. The van der Waals surface area contributed by atoms with E-state index < -0.39 is 23.2 Å². The van der Waals surface area contributed by atoms with E-state index in [2.05, 4.69) is 12.1 Å². The van der Waals surface area contributed by atoms with Gasteiger partial charge in [0.15, 0.2) is 21.4 Å². The van der Waals surface area contributed by atoms with Gasteiger partial charge < -0.3 is 79.0 Å². The Morgan fingerprint density at radius 2 is 0.821 bits per heavy atom. The van der Waals surface area contributed by atoms with Crippen molar-refractivity contribution < 1.29 is 103 Å². The molecule has 0 atom stereocenters. The number of esters is 2. The van der Waals surface area contributed by atoms with Crippen LogP contribution in [0.3, 0.4) is 0 Å². The summed E-state index contributed by atoms with van der Waals surface area (Å²) < 4.78 is 72.9. The van der Waals surface area contributed by atoms with Crippen molar-refractivity contribution in [2.45, 2.75) is 80.0 Å². The Balaban J connectivity index is 0.000000261. The third kappa shape index (κ3) is 25.2. The first-order valence-electron chi connectivity index (χ1n) is 32.0. The minimum Gasteiger partial charge on any atom is -0.870 e.